The van der Waals surface area contributed by atoms with Crippen LogP contribution in [0, 0.1) is 5.92 Å². The fraction of sp³-hybridized carbons (Fsp3) is 0.200. The average Bonchev–Trinajstić information content (AvgIpc) is 2.82. The van der Waals surface area contributed by atoms with E-state index in [0.29, 0.717) is 13.1 Å². The second kappa shape index (κ2) is 10.2. The minimum Gasteiger partial charge on any atom is -0.325 e. The van der Waals surface area contributed by atoms with Crippen LogP contribution in [0.1, 0.15) is 12.8 Å². The molecule has 1 heterocycles. The van der Waals surface area contributed by atoms with Gasteiger partial charge in [-0.05, 0) is 49.2 Å². The van der Waals surface area contributed by atoms with E-state index in [4.69, 9.17) is 0 Å². The number of rotatable bonds is 5. The van der Waals surface area contributed by atoms with Crippen LogP contribution in [0.15, 0.2) is 94.7 Å². The molecule has 3 amide bonds. The molecule has 3 aromatic rings. The number of para-hydroxylation sites is 2. The lowest BCUT2D eigenvalue weighted by molar-refractivity contribution is -0.121. The molecule has 1 fully saturated rings. The Labute approximate surface area is 186 Å². The number of carbonyl (C=O) groups excluding carboxylic acids is 2. The summed E-state index contributed by atoms with van der Waals surface area (Å²) < 4.78 is 0. The summed E-state index contributed by atoms with van der Waals surface area (Å²) in [6.45, 7) is 1.07. The number of carbonyl (C=O) groups is 2. The number of benzene rings is 3. The van der Waals surface area contributed by atoms with Crippen LogP contribution in [0.25, 0.3) is 0 Å². The number of amides is 3. The zero-order valence-electron chi connectivity index (χ0n) is 17.2. The molecule has 4 rings (SSSR count). The van der Waals surface area contributed by atoms with Gasteiger partial charge in [-0.15, -0.1) is 0 Å². The molecule has 0 aliphatic carbocycles. The topological polar surface area (TPSA) is 61.4 Å². The molecule has 158 valence electrons. The first-order valence-corrected chi connectivity index (χ1v) is 11.2. The van der Waals surface area contributed by atoms with E-state index in [9.17, 15) is 9.59 Å². The van der Waals surface area contributed by atoms with Gasteiger partial charge >= 0.3 is 6.03 Å². The van der Waals surface area contributed by atoms with Gasteiger partial charge < -0.3 is 15.5 Å². The van der Waals surface area contributed by atoms with Crippen molar-refractivity contribution in [3.63, 3.8) is 0 Å². The Bertz CT molecular complexity index is 1030. The van der Waals surface area contributed by atoms with Crippen molar-refractivity contribution >= 4 is 35.1 Å². The maximum Gasteiger partial charge on any atom is 0.321 e. The summed E-state index contributed by atoms with van der Waals surface area (Å²) >= 11 is 1.62. The highest BCUT2D eigenvalue weighted by atomic mass is 32.2. The van der Waals surface area contributed by atoms with Crippen molar-refractivity contribution < 1.29 is 9.59 Å². The van der Waals surface area contributed by atoms with Crippen LogP contribution in [0.2, 0.25) is 0 Å². The molecular weight excluding hydrogens is 406 g/mol. The molecule has 5 nitrogen and oxygen atoms in total. The smallest absolute Gasteiger partial charge is 0.321 e. The largest absolute Gasteiger partial charge is 0.325 e. The van der Waals surface area contributed by atoms with Crippen molar-refractivity contribution in [2.45, 2.75) is 22.6 Å². The first kappa shape index (κ1) is 21.0. The molecule has 1 aliphatic heterocycles. The molecule has 3 aromatic carbocycles. The van der Waals surface area contributed by atoms with Crippen LogP contribution in [-0.4, -0.2) is 29.9 Å². The van der Waals surface area contributed by atoms with E-state index in [1.165, 1.54) is 0 Å². The van der Waals surface area contributed by atoms with Crippen molar-refractivity contribution in [1.82, 2.24) is 4.90 Å². The lowest BCUT2D eigenvalue weighted by atomic mass is 9.97. The van der Waals surface area contributed by atoms with Crippen LogP contribution in [-0.2, 0) is 4.79 Å². The predicted molar refractivity (Wildman–Crippen MR) is 125 cm³/mol. The van der Waals surface area contributed by atoms with E-state index >= 15 is 0 Å². The third kappa shape index (κ3) is 5.67. The highest BCUT2D eigenvalue weighted by Crippen LogP contribution is 2.33. The van der Waals surface area contributed by atoms with Gasteiger partial charge in [0.1, 0.15) is 0 Å². The first-order chi connectivity index (χ1) is 15.2. The van der Waals surface area contributed by atoms with Gasteiger partial charge in [-0.2, -0.15) is 0 Å². The van der Waals surface area contributed by atoms with Crippen LogP contribution in [0.5, 0.6) is 0 Å². The summed E-state index contributed by atoms with van der Waals surface area (Å²) in [5, 5.41) is 6.00. The number of hydrogen-bond donors (Lipinski definition) is 2. The van der Waals surface area contributed by atoms with Crippen LogP contribution in [0.3, 0.4) is 0 Å². The zero-order valence-corrected chi connectivity index (χ0v) is 18.0. The van der Waals surface area contributed by atoms with Gasteiger partial charge in [0.05, 0.1) is 11.6 Å². The van der Waals surface area contributed by atoms with E-state index in [1.54, 1.807) is 16.7 Å². The maximum atomic E-state index is 13.0. The molecule has 1 saturated heterocycles. The first-order valence-electron chi connectivity index (χ1n) is 10.4. The minimum absolute atomic E-state index is 0.0432. The number of piperidine rings is 1. The Kier molecular flexibility index (Phi) is 6.89. The van der Waals surface area contributed by atoms with Gasteiger partial charge in [0, 0.05) is 28.6 Å². The number of likely N-dealkylation sites (tertiary alicyclic amines) is 1. The maximum absolute atomic E-state index is 13.0. The molecule has 0 saturated carbocycles. The van der Waals surface area contributed by atoms with Crippen molar-refractivity contribution in [2.24, 2.45) is 5.92 Å². The van der Waals surface area contributed by atoms with E-state index < -0.39 is 0 Å². The molecule has 6 heteroatoms. The standard InChI is InChI=1S/C25H25N3O2S/c29-24(27-22-15-7-8-16-23(22)31-21-13-5-2-6-14-21)19-10-9-17-28(18-19)25(30)26-20-11-3-1-4-12-20/h1-8,11-16,19H,9-10,17-18H2,(H,26,30)(H,27,29). The Morgan fingerprint density at radius 2 is 1.52 bits per heavy atom. The van der Waals surface area contributed by atoms with Crippen LogP contribution in [0.4, 0.5) is 16.2 Å². The third-order valence-electron chi connectivity index (χ3n) is 5.22. The highest BCUT2D eigenvalue weighted by molar-refractivity contribution is 7.99. The molecule has 2 N–H and O–H groups in total. The quantitative estimate of drug-likeness (QED) is 0.543. The predicted octanol–water partition coefficient (Wildman–Crippen LogP) is 5.72. The second-order valence-corrected chi connectivity index (χ2v) is 8.60. The lowest BCUT2D eigenvalue weighted by Crippen LogP contribution is -2.45. The van der Waals surface area contributed by atoms with Gasteiger partial charge in [-0.1, -0.05) is 60.3 Å². The number of nitrogens with zero attached hydrogens (tertiary/aromatic N) is 1. The molecule has 0 spiro atoms. The van der Waals surface area contributed by atoms with E-state index in [1.807, 2.05) is 84.9 Å². The van der Waals surface area contributed by atoms with Gasteiger partial charge in [-0.3, -0.25) is 4.79 Å². The Morgan fingerprint density at radius 3 is 2.29 bits per heavy atom. The Balaban J connectivity index is 1.39. The van der Waals surface area contributed by atoms with Crippen molar-refractivity contribution in [2.75, 3.05) is 23.7 Å². The summed E-state index contributed by atoms with van der Waals surface area (Å²) in [6.07, 6.45) is 1.58. The normalized spacial score (nSPS) is 15.9. The third-order valence-corrected chi connectivity index (χ3v) is 6.30. The lowest BCUT2D eigenvalue weighted by Gasteiger charge is -2.32. The van der Waals surface area contributed by atoms with Crippen molar-refractivity contribution in [1.29, 1.82) is 0 Å². The average molecular weight is 432 g/mol. The summed E-state index contributed by atoms with van der Waals surface area (Å²) in [7, 11) is 0. The Hall–Kier alpha value is -3.25. The second-order valence-electron chi connectivity index (χ2n) is 7.48. The molecule has 0 radical (unpaired) electrons. The van der Waals surface area contributed by atoms with E-state index in [2.05, 4.69) is 10.6 Å². The summed E-state index contributed by atoms with van der Waals surface area (Å²) in [5.74, 6) is -0.275. The monoisotopic (exact) mass is 431 g/mol. The Morgan fingerprint density at radius 1 is 0.839 bits per heavy atom. The van der Waals surface area contributed by atoms with Crippen LogP contribution < -0.4 is 10.6 Å². The summed E-state index contributed by atoms with van der Waals surface area (Å²) in [6, 6.07) is 27.1. The van der Waals surface area contributed by atoms with Crippen molar-refractivity contribution in [3.8, 4) is 0 Å². The highest BCUT2D eigenvalue weighted by Gasteiger charge is 2.29. The molecular formula is C25H25N3O2S. The van der Waals surface area contributed by atoms with Crippen LogP contribution >= 0.6 is 11.8 Å². The fourth-order valence-corrected chi connectivity index (χ4v) is 4.53. The number of urea groups is 1. The van der Waals surface area contributed by atoms with Gasteiger partial charge in [-0.25, -0.2) is 4.79 Å². The molecule has 0 bridgehead atoms. The van der Waals surface area contributed by atoms with Gasteiger partial charge in [0.15, 0.2) is 0 Å². The molecule has 0 aromatic heterocycles. The van der Waals surface area contributed by atoms with Gasteiger partial charge in [0.2, 0.25) is 5.91 Å². The zero-order chi connectivity index (χ0) is 21.5. The summed E-state index contributed by atoms with van der Waals surface area (Å²) in [4.78, 5) is 29.5. The molecule has 1 atom stereocenters. The molecule has 1 aliphatic rings. The summed E-state index contributed by atoms with van der Waals surface area (Å²) in [5.41, 5.74) is 1.55. The fourth-order valence-electron chi connectivity index (χ4n) is 3.61. The van der Waals surface area contributed by atoms with Gasteiger partial charge in [0.25, 0.3) is 0 Å². The van der Waals surface area contributed by atoms with Crippen molar-refractivity contribution in [3.05, 3.63) is 84.9 Å². The van der Waals surface area contributed by atoms with E-state index in [-0.39, 0.29) is 17.9 Å². The van der Waals surface area contributed by atoms with E-state index in [0.717, 1.165) is 34.0 Å². The number of nitrogens with one attached hydrogen (secondary N) is 2. The molecule has 31 heavy (non-hydrogen) atoms. The minimum atomic E-state index is -0.231. The number of anilines is 2. The molecule has 1 unspecified atom stereocenters. The number of hydrogen-bond acceptors (Lipinski definition) is 3. The SMILES string of the molecule is O=C(Nc1ccccc1Sc1ccccc1)C1CCCN(C(=O)Nc2ccccc2)C1.